The van der Waals surface area contributed by atoms with E-state index >= 15 is 0 Å². The molecule has 0 spiro atoms. The minimum atomic E-state index is 0.983. The molecule has 0 unspecified atom stereocenters. The summed E-state index contributed by atoms with van der Waals surface area (Å²) >= 11 is 0. The molecule has 1 N–H and O–H groups in total. The van der Waals surface area contributed by atoms with Crippen LogP contribution in [-0.2, 0) is 6.42 Å². The highest BCUT2D eigenvalue weighted by Gasteiger charge is 2.22. The fraction of sp³-hybridized carbons (Fsp3) is 0.0526. The van der Waals surface area contributed by atoms with Gasteiger partial charge in [-0.15, -0.1) is 0 Å². The van der Waals surface area contributed by atoms with Crippen molar-refractivity contribution in [3.63, 3.8) is 0 Å². The molecule has 184 valence electrons. The first-order chi connectivity index (χ1) is 19.3. The lowest BCUT2D eigenvalue weighted by Gasteiger charge is -2.11. The molecule has 39 heavy (non-hydrogen) atoms. The molecule has 0 saturated carbocycles. The van der Waals surface area contributed by atoms with E-state index < -0.39 is 0 Å². The Balaban J connectivity index is 1.15. The molecule has 1 heteroatoms. The van der Waals surface area contributed by atoms with E-state index in [4.69, 9.17) is 0 Å². The van der Waals surface area contributed by atoms with Crippen LogP contribution in [0.3, 0.4) is 0 Å². The number of aromatic amines is 1. The van der Waals surface area contributed by atoms with Crippen molar-refractivity contribution in [2.75, 3.05) is 0 Å². The maximum absolute atomic E-state index is 3.61. The van der Waals surface area contributed by atoms with Crippen molar-refractivity contribution in [2.45, 2.75) is 13.3 Å². The number of benzene rings is 6. The van der Waals surface area contributed by atoms with E-state index in [-0.39, 0.29) is 0 Å². The second kappa shape index (κ2) is 8.58. The topological polar surface area (TPSA) is 15.8 Å². The lowest BCUT2D eigenvalue weighted by molar-refractivity contribution is 1.08. The zero-order valence-corrected chi connectivity index (χ0v) is 21.8. The summed E-state index contributed by atoms with van der Waals surface area (Å²) in [5, 5.41) is 3.99. The zero-order valence-electron chi connectivity index (χ0n) is 21.8. The number of rotatable bonds is 4. The summed E-state index contributed by atoms with van der Waals surface area (Å²) in [6.07, 6.45) is 0.983. The molecular formula is C38H27N. The summed E-state index contributed by atoms with van der Waals surface area (Å²) in [5.74, 6) is 0. The van der Waals surface area contributed by atoms with Crippen LogP contribution in [0.1, 0.15) is 12.6 Å². The second-order valence-corrected chi connectivity index (χ2v) is 10.5. The summed E-state index contributed by atoms with van der Waals surface area (Å²) in [7, 11) is 0. The van der Waals surface area contributed by atoms with Gasteiger partial charge in [0.05, 0.1) is 0 Å². The van der Waals surface area contributed by atoms with E-state index in [1.54, 1.807) is 0 Å². The largest absolute Gasteiger partial charge is 0.358 e. The number of H-pyrrole nitrogens is 1. The van der Waals surface area contributed by atoms with Crippen LogP contribution < -0.4 is 0 Å². The lowest BCUT2D eigenvalue weighted by atomic mass is 9.93. The molecule has 1 aliphatic rings. The first kappa shape index (κ1) is 22.1. The van der Waals surface area contributed by atoms with Gasteiger partial charge in [0, 0.05) is 22.2 Å². The monoisotopic (exact) mass is 497 g/mol. The van der Waals surface area contributed by atoms with Gasteiger partial charge in [-0.25, -0.2) is 0 Å². The normalized spacial score (nSPS) is 11.8. The maximum Gasteiger partial charge on any atom is 0.0462 e. The third-order valence-corrected chi connectivity index (χ3v) is 8.39. The summed E-state index contributed by atoms with van der Waals surface area (Å²) < 4.78 is 0. The van der Waals surface area contributed by atoms with Gasteiger partial charge in [0.1, 0.15) is 0 Å². The molecule has 1 nitrogen and oxygen atoms in total. The lowest BCUT2D eigenvalue weighted by Crippen LogP contribution is -1.86. The third-order valence-electron chi connectivity index (χ3n) is 8.39. The van der Waals surface area contributed by atoms with Crippen molar-refractivity contribution >= 4 is 21.7 Å². The molecule has 0 fully saturated rings. The summed E-state index contributed by atoms with van der Waals surface area (Å²) in [6, 6.07) is 46.7. The molecule has 1 aliphatic carbocycles. The molecular weight excluding hydrogens is 470 g/mol. The van der Waals surface area contributed by atoms with Gasteiger partial charge >= 0.3 is 0 Å². The van der Waals surface area contributed by atoms with Crippen LogP contribution >= 0.6 is 0 Å². The highest BCUT2D eigenvalue weighted by atomic mass is 14.7. The molecule has 0 saturated heterocycles. The van der Waals surface area contributed by atoms with Crippen LogP contribution in [0.2, 0.25) is 0 Å². The number of nitrogens with one attached hydrogen (secondary N) is 1. The third kappa shape index (κ3) is 3.33. The number of hydrogen-bond donors (Lipinski definition) is 1. The Hall–Kier alpha value is -4.88. The quantitative estimate of drug-likeness (QED) is 0.249. The van der Waals surface area contributed by atoms with Gasteiger partial charge in [0.25, 0.3) is 0 Å². The SMILES string of the molecule is CCc1[nH]c2ccccc2c1-c1ccc(-c2ccc(-c3ccc4c5c(cccc35)-c3ccccc3-4)cc2)cc1. The molecule has 0 amide bonds. The predicted octanol–water partition coefficient (Wildman–Crippen LogP) is 10.5. The summed E-state index contributed by atoms with van der Waals surface area (Å²) in [6.45, 7) is 2.21. The van der Waals surface area contributed by atoms with Gasteiger partial charge in [-0.3, -0.25) is 0 Å². The number of aromatic nitrogens is 1. The van der Waals surface area contributed by atoms with Crippen molar-refractivity contribution < 1.29 is 0 Å². The van der Waals surface area contributed by atoms with Gasteiger partial charge in [-0.05, 0) is 73.3 Å². The molecule has 6 aromatic carbocycles. The number of hydrogen-bond acceptors (Lipinski definition) is 0. The highest BCUT2D eigenvalue weighted by Crippen LogP contribution is 2.49. The van der Waals surface area contributed by atoms with Crippen LogP contribution in [0, 0.1) is 0 Å². The van der Waals surface area contributed by atoms with Gasteiger partial charge < -0.3 is 4.98 Å². The number of para-hydroxylation sites is 1. The van der Waals surface area contributed by atoms with Gasteiger partial charge in [0.15, 0.2) is 0 Å². The second-order valence-electron chi connectivity index (χ2n) is 10.5. The predicted molar refractivity (Wildman–Crippen MR) is 166 cm³/mol. The fourth-order valence-corrected chi connectivity index (χ4v) is 6.52. The number of aryl methyl sites for hydroxylation is 1. The van der Waals surface area contributed by atoms with E-state index in [0.717, 1.165) is 6.42 Å². The van der Waals surface area contributed by atoms with Gasteiger partial charge in [0.2, 0.25) is 0 Å². The molecule has 1 heterocycles. The minimum absolute atomic E-state index is 0.983. The van der Waals surface area contributed by atoms with E-state index in [1.165, 1.54) is 83.0 Å². The van der Waals surface area contributed by atoms with E-state index in [0.29, 0.717) is 0 Å². The molecule has 0 bridgehead atoms. The molecule has 0 atom stereocenters. The zero-order chi connectivity index (χ0) is 25.9. The first-order valence-electron chi connectivity index (χ1n) is 13.8. The Kier molecular flexibility index (Phi) is 4.87. The van der Waals surface area contributed by atoms with Crippen LogP contribution in [0.4, 0.5) is 0 Å². The van der Waals surface area contributed by atoms with Gasteiger partial charge in [-0.1, -0.05) is 128 Å². The van der Waals surface area contributed by atoms with Crippen molar-refractivity contribution in [3.8, 4) is 55.6 Å². The van der Waals surface area contributed by atoms with Crippen molar-refractivity contribution in [3.05, 3.63) is 133 Å². The average Bonchev–Trinajstić information content (AvgIpc) is 3.55. The molecule has 0 radical (unpaired) electrons. The first-order valence-corrected chi connectivity index (χ1v) is 13.8. The maximum atomic E-state index is 3.61. The van der Waals surface area contributed by atoms with Crippen molar-refractivity contribution in [1.82, 2.24) is 4.98 Å². The van der Waals surface area contributed by atoms with Crippen molar-refractivity contribution in [2.24, 2.45) is 0 Å². The fourth-order valence-electron chi connectivity index (χ4n) is 6.52. The van der Waals surface area contributed by atoms with Crippen LogP contribution in [0.25, 0.3) is 77.3 Å². The Morgan fingerprint density at radius 2 is 0.974 bits per heavy atom. The Morgan fingerprint density at radius 3 is 1.69 bits per heavy atom. The van der Waals surface area contributed by atoms with Crippen LogP contribution in [0.15, 0.2) is 127 Å². The van der Waals surface area contributed by atoms with Crippen LogP contribution in [-0.4, -0.2) is 4.98 Å². The summed E-state index contributed by atoms with van der Waals surface area (Å²) in [5.41, 5.74) is 15.5. The van der Waals surface area contributed by atoms with Crippen LogP contribution in [0.5, 0.6) is 0 Å². The molecule has 0 aliphatic heterocycles. The minimum Gasteiger partial charge on any atom is -0.358 e. The Labute approximate surface area is 228 Å². The van der Waals surface area contributed by atoms with E-state index in [2.05, 4.69) is 139 Å². The van der Waals surface area contributed by atoms with Crippen molar-refractivity contribution in [1.29, 1.82) is 0 Å². The average molecular weight is 498 g/mol. The molecule has 1 aromatic heterocycles. The highest BCUT2D eigenvalue weighted by molar-refractivity contribution is 6.18. The Morgan fingerprint density at radius 1 is 0.436 bits per heavy atom. The standard InChI is InChI=1S/C38H27N/c1-2-35-37(34-10-5-6-13-36(34)39-35)27-20-16-25(17-21-27)24-14-18-26(19-15-24)28-22-23-33-30-9-4-3-8-29(30)32-12-7-11-31(28)38(32)33/h3-23,39H,2H2,1H3. The Bertz CT molecular complexity index is 1990. The molecule has 7 aromatic rings. The van der Waals surface area contributed by atoms with E-state index in [9.17, 15) is 0 Å². The number of fused-ring (bicyclic) bond motifs is 4. The smallest absolute Gasteiger partial charge is 0.0462 e. The van der Waals surface area contributed by atoms with E-state index in [1.807, 2.05) is 0 Å². The van der Waals surface area contributed by atoms with Gasteiger partial charge in [-0.2, -0.15) is 0 Å². The summed E-state index contributed by atoms with van der Waals surface area (Å²) in [4.78, 5) is 3.61. The molecule has 8 rings (SSSR count).